The van der Waals surface area contributed by atoms with E-state index in [1.165, 1.54) is 11.1 Å². The number of aryl methyl sites for hydroxylation is 1. The summed E-state index contributed by atoms with van der Waals surface area (Å²) in [6.45, 7) is 8.63. The van der Waals surface area contributed by atoms with Crippen LogP contribution in [0.4, 0.5) is 0 Å². The van der Waals surface area contributed by atoms with Crippen LogP contribution in [-0.4, -0.2) is 0 Å². The molecule has 0 atom stereocenters. The lowest BCUT2D eigenvalue weighted by Gasteiger charge is -2.07. The summed E-state index contributed by atoms with van der Waals surface area (Å²) in [6.07, 6.45) is 0.922. The van der Waals surface area contributed by atoms with E-state index in [0.29, 0.717) is 5.92 Å². The SMILES string of the molecule is CCC#Cc1cc(C)cc(C(C)C)c1. The normalized spacial score (nSPS) is 9.79. The van der Waals surface area contributed by atoms with Gasteiger partial charge in [-0.1, -0.05) is 38.7 Å². The van der Waals surface area contributed by atoms with Crippen LogP contribution in [0.2, 0.25) is 0 Å². The van der Waals surface area contributed by atoms with E-state index in [2.05, 4.69) is 57.7 Å². The molecule has 0 aromatic heterocycles. The number of rotatable bonds is 1. The molecule has 0 heteroatoms. The third-order valence-electron chi connectivity index (χ3n) is 2.18. The second-order valence-electron chi connectivity index (χ2n) is 3.94. The van der Waals surface area contributed by atoms with Gasteiger partial charge in [-0.3, -0.25) is 0 Å². The fourth-order valence-electron chi connectivity index (χ4n) is 1.41. The summed E-state index contributed by atoms with van der Waals surface area (Å²) in [4.78, 5) is 0. The van der Waals surface area contributed by atoms with Crippen molar-refractivity contribution in [1.29, 1.82) is 0 Å². The Kier molecular flexibility index (Phi) is 3.77. The van der Waals surface area contributed by atoms with Crippen molar-refractivity contribution in [3.63, 3.8) is 0 Å². The van der Waals surface area contributed by atoms with Crippen LogP contribution in [0.3, 0.4) is 0 Å². The molecule has 0 spiro atoms. The maximum Gasteiger partial charge on any atom is 0.0250 e. The molecule has 0 aliphatic rings. The Labute approximate surface area is 87.4 Å². The Morgan fingerprint density at radius 3 is 2.50 bits per heavy atom. The molecule has 0 unspecified atom stereocenters. The van der Waals surface area contributed by atoms with Crippen LogP contribution in [-0.2, 0) is 0 Å². The zero-order valence-corrected chi connectivity index (χ0v) is 9.52. The lowest BCUT2D eigenvalue weighted by molar-refractivity contribution is 0.864. The quantitative estimate of drug-likeness (QED) is 0.584. The Bertz CT molecular complexity index is 361. The van der Waals surface area contributed by atoms with Crippen LogP contribution < -0.4 is 0 Å². The van der Waals surface area contributed by atoms with E-state index in [-0.39, 0.29) is 0 Å². The molecule has 0 radical (unpaired) electrons. The van der Waals surface area contributed by atoms with Crippen LogP contribution in [0.5, 0.6) is 0 Å². The zero-order valence-electron chi connectivity index (χ0n) is 9.52. The minimum Gasteiger partial charge on any atom is -0.0982 e. The van der Waals surface area contributed by atoms with E-state index < -0.39 is 0 Å². The van der Waals surface area contributed by atoms with Crippen molar-refractivity contribution in [2.45, 2.75) is 40.0 Å². The van der Waals surface area contributed by atoms with Crippen LogP contribution >= 0.6 is 0 Å². The second-order valence-corrected chi connectivity index (χ2v) is 3.94. The molecule has 1 aromatic carbocycles. The topological polar surface area (TPSA) is 0 Å². The minimum absolute atomic E-state index is 0.581. The Balaban J connectivity index is 3.07. The highest BCUT2D eigenvalue weighted by Crippen LogP contribution is 2.17. The van der Waals surface area contributed by atoms with Crippen molar-refractivity contribution >= 4 is 0 Å². The summed E-state index contributed by atoms with van der Waals surface area (Å²) in [5.74, 6) is 6.87. The van der Waals surface area contributed by atoms with Gasteiger partial charge in [-0.15, -0.1) is 0 Å². The molecule has 0 aliphatic heterocycles. The molecule has 1 aromatic rings. The van der Waals surface area contributed by atoms with Crippen molar-refractivity contribution in [3.05, 3.63) is 34.9 Å². The van der Waals surface area contributed by atoms with Gasteiger partial charge in [0.05, 0.1) is 0 Å². The predicted octanol–water partition coefficient (Wildman–Crippen LogP) is 3.88. The van der Waals surface area contributed by atoms with Gasteiger partial charge in [0.2, 0.25) is 0 Å². The first-order chi connectivity index (χ1) is 6.63. The highest BCUT2D eigenvalue weighted by molar-refractivity contribution is 5.41. The first-order valence-corrected chi connectivity index (χ1v) is 5.24. The Morgan fingerprint density at radius 2 is 1.93 bits per heavy atom. The van der Waals surface area contributed by atoms with Crippen LogP contribution in [0.1, 0.15) is 49.8 Å². The summed E-state index contributed by atoms with van der Waals surface area (Å²) in [6, 6.07) is 6.58. The van der Waals surface area contributed by atoms with Crippen molar-refractivity contribution < 1.29 is 0 Å². The van der Waals surface area contributed by atoms with Gasteiger partial charge < -0.3 is 0 Å². The van der Waals surface area contributed by atoms with E-state index in [9.17, 15) is 0 Å². The molecule has 0 aliphatic carbocycles. The van der Waals surface area contributed by atoms with E-state index in [4.69, 9.17) is 0 Å². The van der Waals surface area contributed by atoms with Crippen molar-refractivity contribution in [1.82, 2.24) is 0 Å². The molecule has 0 fully saturated rings. The zero-order chi connectivity index (χ0) is 10.6. The second kappa shape index (κ2) is 4.86. The molecule has 0 amide bonds. The van der Waals surface area contributed by atoms with Crippen molar-refractivity contribution in [2.75, 3.05) is 0 Å². The fraction of sp³-hybridized carbons (Fsp3) is 0.429. The molecular weight excluding hydrogens is 168 g/mol. The van der Waals surface area contributed by atoms with Crippen molar-refractivity contribution in [3.8, 4) is 11.8 Å². The molecule has 0 N–H and O–H groups in total. The van der Waals surface area contributed by atoms with Crippen LogP contribution in [0.15, 0.2) is 18.2 Å². The average molecular weight is 186 g/mol. The molecule has 1 rings (SSSR count). The lowest BCUT2D eigenvalue weighted by atomic mass is 9.98. The molecule has 0 saturated heterocycles. The molecule has 0 bridgehead atoms. The van der Waals surface area contributed by atoms with Gasteiger partial charge in [0.25, 0.3) is 0 Å². The standard InChI is InChI=1S/C14H18/c1-5-6-7-13-8-12(4)9-14(10-13)11(2)3/h8-11H,5H2,1-4H3. The van der Waals surface area contributed by atoms with Crippen LogP contribution in [0, 0.1) is 18.8 Å². The van der Waals surface area contributed by atoms with E-state index >= 15 is 0 Å². The molecule has 0 saturated carbocycles. The van der Waals surface area contributed by atoms with Gasteiger partial charge in [-0.05, 0) is 36.1 Å². The molecule has 14 heavy (non-hydrogen) atoms. The van der Waals surface area contributed by atoms with Gasteiger partial charge >= 0.3 is 0 Å². The predicted molar refractivity (Wildman–Crippen MR) is 62.4 cm³/mol. The largest absolute Gasteiger partial charge is 0.0982 e. The molecular formula is C14H18. The maximum atomic E-state index is 3.18. The highest BCUT2D eigenvalue weighted by Gasteiger charge is 2.00. The summed E-state index contributed by atoms with van der Waals surface area (Å²) in [7, 11) is 0. The molecule has 0 nitrogen and oxygen atoms in total. The molecule has 74 valence electrons. The van der Waals surface area contributed by atoms with Gasteiger partial charge in [-0.2, -0.15) is 0 Å². The first kappa shape index (κ1) is 10.9. The van der Waals surface area contributed by atoms with Gasteiger partial charge in [-0.25, -0.2) is 0 Å². The van der Waals surface area contributed by atoms with Gasteiger partial charge in [0, 0.05) is 12.0 Å². The smallest absolute Gasteiger partial charge is 0.0250 e. The maximum absolute atomic E-state index is 3.18. The van der Waals surface area contributed by atoms with Gasteiger partial charge in [0.1, 0.15) is 0 Å². The Hall–Kier alpha value is -1.22. The van der Waals surface area contributed by atoms with E-state index in [1.807, 2.05) is 0 Å². The monoisotopic (exact) mass is 186 g/mol. The highest BCUT2D eigenvalue weighted by atomic mass is 14.0. The van der Waals surface area contributed by atoms with E-state index in [1.54, 1.807) is 0 Å². The Morgan fingerprint density at radius 1 is 1.21 bits per heavy atom. The summed E-state index contributed by atoms with van der Waals surface area (Å²) < 4.78 is 0. The van der Waals surface area contributed by atoms with Crippen molar-refractivity contribution in [2.24, 2.45) is 0 Å². The third kappa shape index (κ3) is 2.92. The third-order valence-corrected chi connectivity index (χ3v) is 2.18. The lowest BCUT2D eigenvalue weighted by Crippen LogP contribution is -1.90. The number of hydrogen-bond acceptors (Lipinski definition) is 0. The number of hydrogen-bond donors (Lipinski definition) is 0. The minimum atomic E-state index is 0.581. The van der Waals surface area contributed by atoms with Gasteiger partial charge in [0.15, 0.2) is 0 Å². The van der Waals surface area contributed by atoms with Crippen LogP contribution in [0.25, 0.3) is 0 Å². The summed E-state index contributed by atoms with van der Waals surface area (Å²) >= 11 is 0. The summed E-state index contributed by atoms with van der Waals surface area (Å²) in [5, 5.41) is 0. The molecule has 0 heterocycles. The average Bonchev–Trinajstić information content (AvgIpc) is 2.14. The number of benzene rings is 1. The summed E-state index contributed by atoms with van der Waals surface area (Å²) in [5.41, 5.74) is 3.83. The first-order valence-electron chi connectivity index (χ1n) is 5.24. The van der Waals surface area contributed by atoms with E-state index in [0.717, 1.165) is 12.0 Å². The fourth-order valence-corrected chi connectivity index (χ4v) is 1.41.